The molecule has 25 heavy (non-hydrogen) atoms. The van der Waals surface area contributed by atoms with Gasteiger partial charge < -0.3 is 10.2 Å². The molecule has 0 aromatic carbocycles. The fourth-order valence-corrected chi connectivity index (χ4v) is 4.53. The zero-order valence-corrected chi connectivity index (χ0v) is 16.7. The van der Waals surface area contributed by atoms with E-state index in [1.165, 1.54) is 30.6 Å². The molecule has 2 aliphatic rings. The van der Waals surface area contributed by atoms with E-state index >= 15 is 0 Å². The van der Waals surface area contributed by atoms with Crippen LogP contribution >= 0.6 is 11.3 Å². The van der Waals surface area contributed by atoms with Gasteiger partial charge in [-0.2, -0.15) is 0 Å². The van der Waals surface area contributed by atoms with Crippen molar-refractivity contribution in [2.24, 2.45) is 5.41 Å². The van der Waals surface area contributed by atoms with Crippen molar-refractivity contribution in [2.75, 3.05) is 5.32 Å². The Kier molecular flexibility index (Phi) is 5.24. The number of aryl methyl sites for hydroxylation is 1. The molecule has 1 aromatic rings. The summed E-state index contributed by atoms with van der Waals surface area (Å²) in [6.07, 6.45) is 8.32. The van der Waals surface area contributed by atoms with Crippen LogP contribution in [-0.4, -0.2) is 28.8 Å². The van der Waals surface area contributed by atoms with E-state index in [0.717, 1.165) is 41.1 Å². The van der Waals surface area contributed by atoms with Crippen molar-refractivity contribution in [1.29, 1.82) is 0 Å². The third-order valence-corrected chi connectivity index (χ3v) is 6.31. The first kappa shape index (κ1) is 18.4. The molecule has 2 aliphatic carbocycles. The number of nitrogens with zero attached hydrogens (tertiary/aromatic N) is 1. The highest BCUT2D eigenvalue weighted by Crippen LogP contribution is 2.37. The topological polar surface area (TPSA) is 49.4 Å². The second kappa shape index (κ2) is 7.10. The fraction of sp³-hybridized carbons (Fsp3) is 0.700. The first-order chi connectivity index (χ1) is 11.8. The molecule has 0 atom stereocenters. The minimum absolute atomic E-state index is 0.0147. The lowest BCUT2D eigenvalue weighted by molar-refractivity contribution is -0.123. The summed E-state index contributed by atoms with van der Waals surface area (Å²) < 4.78 is 0. The molecule has 0 spiro atoms. The van der Waals surface area contributed by atoms with E-state index in [4.69, 9.17) is 0 Å². The lowest BCUT2D eigenvalue weighted by Gasteiger charge is -2.34. The predicted molar refractivity (Wildman–Crippen MR) is 103 cm³/mol. The molecule has 4 nitrogen and oxygen atoms in total. The van der Waals surface area contributed by atoms with Gasteiger partial charge in [0.25, 0.3) is 5.91 Å². The molecule has 0 radical (unpaired) electrons. The second-order valence-corrected chi connectivity index (χ2v) is 9.61. The zero-order valence-electron chi connectivity index (χ0n) is 15.9. The van der Waals surface area contributed by atoms with Gasteiger partial charge in [0.2, 0.25) is 5.91 Å². The van der Waals surface area contributed by atoms with Gasteiger partial charge >= 0.3 is 0 Å². The summed E-state index contributed by atoms with van der Waals surface area (Å²) in [5, 5.41) is 3.75. The highest BCUT2D eigenvalue weighted by Gasteiger charge is 2.39. The second-order valence-electron chi connectivity index (χ2n) is 8.56. The molecule has 1 aromatic heterocycles. The van der Waals surface area contributed by atoms with Crippen LogP contribution in [0.1, 0.15) is 81.0 Å². The largest absolute Gasteiger partial charge is 0.332 e. The summed E-state index contributed by atoms with van der Waals surface area (Å²) in [6, 6.07) is 2.78. The van der Waals surface area contributed by atoms with Gasteiger partial charge in [-0.15, -0.1) is 11.3 Å². The standard InChI is InChI=1S/C20H30N2O2S/c1-13-12-16(21-19(24)20(2,3)4)25-17(13)18(23)22(15-10-11-15)14-8-6-5-7-9-14/h12,14-15H,5-11H2,1-4H3,(H,21,24). The number of rotatable bonds is 4. The number of nitrogens with one attached hydrogen (secondary N) is 1. The maximum Gasteiger partial charge on any atom is 0.264 e. The van der Waals surface area contributed by atoms with Crippen molar-refractivity contribution < 1.29 is 9.59 Å². The minimum Gasteiger partial charge on any atom is -0.332 e. The van der Waals surface area contributed by atoms with Crippen molar-refractivity contribution in [3.63, 3.8) is 0 Å². The molecule has 5 heteroatoms. The number of carbonyl (C=O) groups is 2. The summed E-state index contributed by atoms with van der Waals surface area (Å²) in [5.74, 6) is 0.159. The third-order valence-electron chi connectivity index (χ3n) is 5.17. The van der Waals surface area contributed by atoms with Crippen molar-refractivity contribution in [1.82, 2.24) is 4.90 Å². The SMILES string of the molecule is Cc1cc(NC(=O)C(C)(C)C)sc1C(=O)N(C1CCCCC1)C1CC1. The van der Waals surface area contributed by atoms with Crippen LogP contribution in [0.4, 0.5) is 5.00 Å². The maximum absolute atomic E-state index is 13.3. The summed E-state index contributed by atoms with van der Waals surface area (Å²) in [7, 11) is 0. The van der Waals surface area contributed by atoms with Crippen molar-refractivity contribution >= 4 is 28.2 Å². The Labute approximate surface area is 155 Å². The van der Waals surface area contributed by atoms with Crippen molar-refractivity contribution in [2.45, 2.75) is 84.7 Å². The summed E-state index contributed by atoms with van der Waals surface area (Å²) >= 11 is 1.43. The Hall–Kier alpha value is -1.36. The summed E-state index contributed by atoms with van der Waals surface area (Å²) in [5.41, 5.74) is 0.533. The Morgan fingerprint density at radius 2 is 1.68 bits per heavy atom. The zero-order chi connectivity index (χ0) is 18.2. The molecule has 0 saturated heterocycles. The Morgan fingerprint density at radius 1 is 1.08 bits per heavy atom. The van der Waals surface area contributed by atoms with Gasteiger partial charge in [-0.05, 0) is 44.2 Å². The average Bonchev–Trinajstić information content (AvgIpc) is 3.30. The Morgan fingerprint density at radius 3 is 2.24 bits per heavy atom. The summed E-state index contributed by atoms with van der Waals surface area (Å²) in [6.45, 7) is 7.66. The van der Waals surface area contributed by atoms with Crippen LogP contribution in [0.5, 0.6) is 0 Å². The minimum atomic E-state index is -0.440. The lowest BCUT2D eigenvalue weighted by atomic mass is 9.93. The molecule has 2 saturated carbocycles. The van der Waals surface area contributed by atoms with E-state index in [9.17, 15) is 9.59 Å². The maximum atomic E-state index is 13.3. The normalized spacial score (nSPS) is 18.9. The van der Waals surface area contributed by atoms with Gasteiger partial charge in [0.1, 0.15) is 0 Å². The van der Waals surface area contributed by atoms with E-state index in [1.807, 2.05) is 33.8 Å². The number of carbonyl (C=O) groups excluding carboxylic acids is 2. The van der Waals surface area contributed by atoms with Gasteiger partial charge in [0.05, 0.1) is 9.88 Å². The molecule has 2 amide bonds. The highest BCUT2D eigenvalue weighted by atomic mass is 32.1. The quantitative estimate of drug-likeness (QED) is 0.821. The molecule has 0 unspecified atom stereocenters. The summed E-state index contributed by atoms with van der Waals surface area (Å²) in [4.78, 5) is 28.5. The van der Waals surface area contributed by atoms with Crippen molar-refractivity contribution in [3.05, 3.63) is 16.5 Å². The van der Waals surface area contributed by atoms with Gasteiger partial charge in [0, 0.05) is 17.5 Å². The molecule has 1 heterocycles. The number of amides is 2. The van der Waals surface area contributed by atoms with Crippen LogP contribution < -0.4 is 5.32 Å². The van der Waals surface area contributed by atoms with Gasteiger partial charge in [-0.1, -0.05) is 40.0 Å². The Bertz CT molecular complexity index is 649. The van der Waals surface area contributed by atoms with Crippen LogP contribution in [0.3, 0.4) is 0 Å². The number of thiophene rings is 1. The molecule has 0 bridgehead atoms. The van der Waals surface area contributed by atoms with E-state index in [0.29, 0.717) is 12.1 Å². The van der Waals surface area contributed by atoms with Crippen LogP contribution in [0.2, 0.25) is 0 Å². The van der Waals surface area contributed by atoms with Crippen LogP contribution in [-0.2, 0) is 4.79 Å². The molecule has 2 fully saturated rings. The molecule has 0 aliphatic heterocycles. The van der Waals surface area contributed by atoms with Crippen LogP contribution in [0, 0.1) is 12.3 Å². The first-order valence-corrected chi connectivity index (χ1v) is 10.3. The van der Waals surface area contributed by atoms with Crippen LogP contribution in [0.25, 0.3) is 0 Å². The third kappa shape index (κ3) is 4.25. The molecule has 138 valence electrons. The molecular formula is C20H30N2O2S. The van der Waals surface area contributed by atoms with Crippen molar-refractivity contribution in [3.8, 4) is 0 Å². The van der Waals surface area contributed by atoms with E-state index in [1.54, 1.807) is 0 Å². The van der Waals surface area contributed by atoms with E-state index < -0.39 is 5.41 Å². The number of hydrogen-bond acceptors (Lipinski definition) is 3. The fourth-order valence-electron chi connectivity index (χ4n) is 3.51. The average molecular weight is 363 g/mol. The lowest BCUT2D eigenvalue weighted by Crippen LogP contribution is -2.43. The monoisotopic (exact) mass is 362 g/mol. The Balaban J connectivity index is 1.77. The van der Waals surface area contributed by atoms with Gasteiger partial charge in [0.15, 0.2) is 0 Å². The van der Waals surface area contributed by atoms with Gasteiger partial charge in [-0.25, -0.2) is 0 Å². The molecule has 3 rings (SSSR count). The van der Waals surface area contributed by atoms with Crippen LogP contribution in [0.15, 0.2) is 6.07 Å². The molecule has 1 N–H and O–H groups in total. The smallest absolute Gasteiger partial charge is 0.264 e. The highest BCUT2D eigenvalue weighted by molar-refractivity contribution is 7.18. The van der Waals surface area contributed by atoms with E-state index in [-0.39, 0.29) is 11.8 Å². The first-order valence-electron chi connectivity index (χ1n) is 9.52. The van der Waals surface area contributed by atoms with E-state index in [2.05, 4.69) is 10.2 Å². The van der Waals surface area contributed by atoms with Gasteiger partial charge in [-0.3, -0.25) is 9.59 Å². The molecular weight excluding hydrogens is 332 g/mol. The number of hydrogen-bond donors (Lipinski definition) is 1. The number of anilines is 1. The predicted octanol–water partition coefficient (Wildman–Crippen LogP) is 4.98.